The Morgan fingerprint density at radius 2 is 2.25 bits per heavy atom. The van der Waals surface area contributed by atoms with Crippen molar-refractivity contribution < 1.29 is 4.39 Å². The molecule has 0 aliphatic rings. The molecule has 0 amide bonds. The van der Waals surface area contributed by atoms with Crippen molar-refractivity contribution in [3.05, 3.63) is 56.7 Å². The van der Waals surface area contributed by atoms with Crippen LogP contribution < -0.4 is 10.9 Å². The van der Waals surface area contributed by atoms with E-state index in [0.29, 0.717) is 28.3 Å². The highest BCUT2D eigenvalue weighted by Gasteiger charge is 2.05. The number of rotatable bonds is 3. The minimum Gasteiger partial charge on any atom is -0.378 e. The summed E-state index contributed by atoms with van der Waals surface area (Å²) in [5, 5.41) is 4.87. The number of benzene rings is 1. The van der Waals surface area contributed by atoms with Crippen LogP contribution in [-0.4, -0.2) is 9.97 Å². The first-order valence-electron chi connectivity index (χ1n) is 5.79. The number of anilines is 1. The molecule has 7 heteroatoms. The molecule has 3 rings (SSSR count). The minimum absolute atomic E-state index is 0.0711. The monoisotopic (exact) mass is 309 g/mol. The van der Waals surface area contributed by atoms with Crippen LogP contribution in [0.25, 0.3) is 10.2 Å². The van der Waals surface area contributed by atoms with Crippen LogP contribution in [0, 0.1) is 5.82 Å². The highest BCUT2D eigenvalue weighted by atomic mass is 35.5. The summed E-state index contributed by atoms with van der Waals surface area (Å²) in [5.74, 6) is 0.00247. The molecule has 3 aromatic rings. The lowest BCUT2D eigenvalue weighted by Crippen LogP contribution is -2.13. The van der Waals surface area contributed by atoms with E-state index in [9.17, 15) is 9.18 Å². The molecular weight excluding hydrogens is 301 g/mol. The van der Waals surface area contributed by atoms with Crippen LogP contribution in [0.3, 0.4) is 0 Å². The van der Waals surface area contributed by atoms with Gasteiger partial charge in [0, 0.05) is 5.69 Å². The van der Waals surface area contributed by atoms with Crippen molar-refractivity contribution in [3.63, 3.8) is 0 Å². The Bertz CT molecular complexity index is 830. The van der Waals surface area contributed by atoms with Crippen molar-refractivity contribution in [2.75, 3.05) is 5.32 Å². The van der Waals surface area contributed by atoms with Crippen molar-refractivity contribution in [1.29, 1.82) is 0 Å². The zero-order chi connectivity index (χ0) is 14.1. The van der Waals surface area contributed by atoms with Gasteiger partial charge in [-0.1, -0.05) is 11.6 Å². The Labute approximate surface area is 122 Å². The van der Waals surface area contributed by atoms with Crippen LogP contribution in [0.2, 0.25) is 5.02 Å². The second-order valence-corrected chi connectivity index (χ2v) is 5.45. The normalized spacial score (nSPS) is 10.9. The van der Waals surface area contributed by atoms with Gasteiger partial charge in [0.05, 0.1) is 17.1 Å². The van der Waals surface area contributed by atoms with Gasteiger partial charge < -0.3 is 10.3 Å². The van der Waals surface area contributed by atoms with Crippen LogP contribution in [0.15, 0.2) is 34.4 Å². The number of H-pyrrole nitrogens is 1. The summed E-state index contributed by atoms with van der Waals surface area (Å²) in [7, 11) is 0. The predicted molar refractivity (Wildman–Crippen MR) is 79.0 cm³/mol. The smallest absolute Gasteiger partial charge is 0.268 e. The minimum atomic E-state index is -0.494. The van der Waals surface area contributed by atoms with Crippen molar-refractivity contribution in [1.82, 2.24) is 9.97 Å². The summed E-state index contributed by atoms with van der Waals surface area (Å²) in [6, 6.07) is 6.22. The summed E-state index contributed by atoms with van der Waals surface area (Å²) in [5.41, 5.74) is 1.07. The molecule has 0 saturated carbocycles. The molecule has 0 radical (unpaired) electrons. The molecule has 102 valence electrons. The number of aromatic amines is 1. The highest BCUT2D eigenvalue weighted by Crippen LogP contribution is 2.19. The molecule has 0 spiro atoms. The highest BCUT2D eigenvalue weighted by molar-refractivity contribution is 7.17. The van der Waals surface area contributed by atoms with E-state index < -0.39 is 5.82 Å². The molecule has 20 heavy (non-hydrogen) atoms. The first-order chi connectivity index (χ1) is 9.63. The van der Waals surface area contributed by atoms with Crippen molar-refractivity contribution in [3.8, 4) is 0 Å². The van der Waals surface area contributed by atoms with Crippen LogP contribution >= 0.6 is 22.9 Å². The maximum atomic E-state index is 13.3. The third kappa shape index (κ3) is 2.52. The Kier molecular flexibility index (Phi) is 3.42. The average molecular weight is 310 g/mol. The molecule has 0 saturated heterocycles. The molecular formula is C13H9ClFN3OS. The summed E-state index contributed by atoms with van der Waals surface area (Å²) in [6.45, 7) is 0.294. The van der Waals surface area contributed by atoms with Gasteiger partial charge in [-0.2, -0.15) is 0 Å². The van der Waals surface area contributed by atoms with Gasteiger partial charge in [-0.05, 0) is 29.6 Å². The first kappa shape index (κ1) is 13.1. The lowest BCUT2D eigenvalue weighted by molar-refractivity contribution is 0.628. The van der Waals surface area contributed by atoms with Gasteiger partial charge in [-0.3, -0.25) is 4.79 Å². The topological polar surface area (TPSA) is 57.8 Å². The maximum Gasteiger partial charge on any atom is 0.268 e. The van der Waals surface area contributed by atoms with E-state index in [-0.39, 0.29) is 10.6 Å². The van der Waals surface area contributed by atoms with E-state index in [0.717, 1.165) is 0 Å². The first-order valence-corrected chi connectivity index (χ1v) is 7.04. The largest absolute Gasteiger partial charge is 0.378 e. The second-order valence-electron chi connectivity index (χ2n) is 4.13. The molecule has 0 unspecified atom stereocenters. The number of hydrogen-bond acceptors (Lipinski definition) is 4. The molecule has 0 bridgehead atoms. The predicted octanol–water partition coefficient (Wildman–Crippen LogP) is 3.39. The summed E-state index contributed by atoms with van der Waals surface area (Å²) < 4.78 is 13.9. The molecule has 2 N–H and O–H groups in total. The van der Waals surface area contributed by atoms with E-state index in [2.05, 4.69) is 15.3 Å². The number of aromatic nitrogens is 2. The fraction of sp³-hybridized carbons (Fsp3) is 0.0769. The Morgan fingerprint density at radius 1 is 1.40 bits per heavy atom. The van der Waals surface area contributed by atoms with Gasteiger partial charge in [-0.25, -0.2) is 9.37 Å². The number of halogens is 2. The lowest BCUT2D eigenvalue weighted by atomic mass is 10.3. The Morgan fingerprint density at radius 3 is 3.05 bits per heavy atom. The average Bonchev–Trinajstić information content (AvgIpc) is 2.89. The maximum absolute atomic E-state index is 13.3. The van der Waals surface area contributed by atoms with Gasteiger partial charge in [0.1, 0.15) is 16.3 Å². The molecule has 0 fully saturated rings. The molecule has 0 aliphatic carbocycles. The van der Waals surface area contributed by atoms with E-state index in [1.165, 1.54) is 23.5 Å². The molecule has 2 aromatic heterocycles. The molecule has 4 nitrogen and oxygen atoms in total. The van der Waals surface area contributed by atoms with Crippen molar-refractivity contribution in [2.45, 2.75) is 6.54 Å². The van der Waals surface area contributed by atoms with Gasteiger partial charge in [0.25, 0.3) is 5.56 Å². The standard InChI is InChI=1S/C13H9ClFN3OS/c14-8-2-1-7(5-9(8)15)16-6-11-17-10-3-4-20-12(10)13(19)18-11/h1-5,16H,6H2,(H,17,18,19). The molecule has 1 aromatic carbocycles. The fourth-order valence-electron chi connectivity index (χ4n) is 1.80. The SMILES string of the molecule is O=c1[nH]c(CNc2ccc(Cl)c(F)c2)nc2ccsc12. The van der Waals surface area contributed by atoms with Crippen LogP contribution in [-0.2, 0) is 6.54 Å². The molecule has 0 aliphatic heterocycles. The zero-order valence-electron chi connectivity index (χ0n) is 10.1. The van der Waals surface area contributed by atoms with E-state index >= 15 is 0 Å². The number of thiophene rings is 1. The van der Waals surface area contributed by atoms with Gasteiger partial charge in [-0.15, -0.1) is 11.3 Å². The van der Waals surface area contributed by atoms with Gasteiger partial charge >= 0.3 is 0 Å². The number of fused-ring (bicyclic) bond motifs is 1. The summed E-state index contributed by atoms with van der Waals surface area (Å²) in [6.07, 6.45) is 0. The van der Waals surface area contributed by atoms with E-state index in [1.807, 2.05) is 5.38 Å². The van der Waals surface area contributed by atoms with Crippen LogP contribution in [0.5, 0.6) is 0 Å². The zero-order valence-corrected chi connectivity index (χ0v) is 11.7. The van der Waals surface area contributed by atoms with Gasteiger partial charge in [0.2, 0.25) is 0 Å². The third-order valence-corrected chi connectivity index (χ3v) is 3.95. The lowest BCUT2D eigenvalue weighted by Gasteiger charge is -2.06. The molecule has 0 atom stereocenters. The number of hydrogen-bond donors (Lipinski definition) is 2. The Hall–Kier alpha value is -1.92. The number of nitrogens with zero attached hydrogens (tertiary/aromatic N) is 1. The summed E-state index contributed by atoms with van der Waals surface area (Å²) in [4.78, 5) is 18.8. The van der Waals surface area contributed by atoms with Crippen molar-refractivity contribution in [2.24, 2.45) is 0 Å². The fourth-order valence-corrected chi connectivity index (χ4v) is 2.64. The van der Waals surface area contributed by atoms with E-state index in [4.69, 9.17) is 11.6 Å². The molecule has 2 heterocycles. The van der Waals surface area contributed by atoms with E-state index in [1.54, 1.807) is 12.1 Å². The van der Waals surface area contributed by atoms with Crippen molar-refractivity contribution >= 4 is 38.8 Å². The third-order valence-electron chi connectivity index (χ3n) is 2.74. The quantitative estimate of drug-likeness (QED) is 0.779. The van der Waals surface area contributed by atoms with Gasteiger partial charge in [0.15, 0.2) is 0 Å². The van der Waals surface area contributed by atoms with Crippen LogP contribution in [0.1, 0.15) is 5.82 Å². The number of nitrogens with one attached hydrogen (secondary N) is 2. The summed E-state index contributed by atoms with van der Waals surface area (Å²) >= 11 is 6.96. The van der Waals surface area contributed by atoms with Crippen LogP contribution in [0.4, 0.5) is 10.1 Å². The Balaban J connectivity index is 1.82. The second kappa shape index (κ2) is 5.22.